The minimum atomic E-state index is -3.59. The Bertz CT molecular complexity index is 1110. The van der Waals surface area contributed by atoms with E-state index in [1.165, 1.54) is 24.2 Å². The van der Waals surface area contributed by atoms with Crippen LogP contribution in [0.3, 0.4) is 0 Å². The lowest BCUT2D eigenvalue weighted by atomic mass is 10.0. The molecule has 2 aliphatic heterocycles. The van der Waals surface area contributed by atoms with Crippen molar-refractivity contribution in [2.24, 2.45) is 7.05 Å². The van der Waals surface area contributed by atoms with Crippen molar-refractivity contribution >= 4 is 27.3 Å². The van der Waals surface area contributed by atoms with E-state index in [0.717, 1.165) is 63.0 Å². The van der Waals surface area contributed by atoms with Crippen LogP contribution >= 0.6 is 11.3 Å². The first-order valence-corrected chi connectivity index (χ1v) is 14.5. The van der Waals surface area contributed by atoms with E-state index in [1.54, 1.807) is 10.4 Å². The average molecular weight is 493 g/mol. The molecule has 0 aromatic carbocycles. The van der Waals surface area contributed by atoms with Crippen molar-refractivity contribution in [3.05, 3.63) is 22.3 Å². The maximum absolute atomic E-state index is 13.6. The SMILES string of the molecule is CCC1CCCCN1S(=O)(=O)c1cc(-c2nc(C)c(C(=O)N3CCCCCC3)s2)n(C)c1C. The number of carbonyl (C=O) groups is 1. The second-order valence-electron chi connectivity index (χ2n) is 9.35. The van der Waals surface area contributed by atoms with Gasteiger partial charge in [-0.2, -0.15) is 4.31 Å². The first-order valence-electron chi connectivity index (χ1n) is 12.2. The smallest absolute Gasteiger partial charge is 0.265 e. The lowest BCUT2D eigenvalue weighted by molar-refractivity contribution is 0.0765. The van der Waals surface area contributed by atoms with Crippen molar-refractivity contribution in [2.45, 2.75) is 83.1 Å². The van der Waals surface area contributed by atoms with E-state index >= 15 is 0 Å². The van der Waals surface area contributed by atoms with Crippen LogP contribution in [0.1, 0.15) is 79.3 Å². The van der Waals surface area contributed by atoms with Gasteiger partial charge in [0.05, 0.1) is 11.4 Å². The fourth-order valence-electron chi connectivity index (χ4n) is 5.08. The van der Waals surface area contributed by atoms with Crippen LogP contribution in [0.25, 0.3) is 10.7 Å². The number of aryl methyl sites for hydroxylation is 1. The standard InChI is InChI=1S/C24H36N4O3S2/c1-5-19-12-8-11-15-28(19)33(30,31)21-16-20(26(4)18(21)3)23-25-17(2)22(32-23)24(29)27-13-9-6-7-10-14-27/h16,19H,5-15H2,1-4H3. The van der Waals surface area contributed by atoms with Crippen molar-refractivity contribution in [3.63, 3.8) is 0 Å². The Morgan fingerprint density at radius 1 is 1.09 bits per heavy atom. The number of hydrogen-bond donors (Lipinski definition) is 0. The van der Waals surface area contributed by atoms with Gasteiger partial charge in [-0.3, -0.25) is 4.79 Å². The highest BCUT2D eigenvalue weighted by Gasteiger charge is 2.35. The lowest BCUT2D eigenvalue weighted by Crippen LogP contribution is -2.43. The molecule has 33 heavy (non-hydrogen) atoms. The fourth-order valence-corrected chi connectivity index (χ4v) is 8.21. The summed E-state index contributed by atoms with van der Waals surface area (Å²) in [6, 6.07) is 1.82. The van der Waals surface area contributed by atoms with E-state index in [4.69, 9.17) is 4.98 Å². The Morgan fingerprint density at radius 2 is 1.76 bits per heavy atom. The van der Waals surface area contributed by atoms with Gasteiger partial charge in [0, 0.05) is 38.4 Å². The van der Waals surface area contributed by atoms with Crippen LogP contribution in [0.4, 0.5) is 0 Å². The van der Waals surface area contributed by atoms with E-state index in [-0.39, 0.29) is 11.9 Å². The van der Waals surface area contributed by atoms with Gasteiger partial charge in [-0.15, -0.1) is 11.3 Å². The van der Waals surface area contributed by atoms with Crippen LogP contribution in [0.5, 0.6) is 0 Å². The van der Waals surface area contributed by atoms with Gasteiger partial charge in [0.2, 0.25) is 10.0 Å². The largest absolute Gasteiger partial charge is 0.345 e. The zero-order chi connectivity index (χ0) is 23.8. The maximum atomic E-state index is 13.6. The number of sulfonamides is 1. The first-order chi connectivity index (χ1) is 15.8. The number of carbonyl (C=O) groups excluding carboxylic acids is 1. The number of hydrogen-bond acceptors (Lipinski definition) is 5. The second-order valence-corrected chi connectivity index (χ2v) is 12.2. The third-order valence-electron chi connectivity index (χ3n) is 7.22. The molecule has 1 atom stereocenters. The molecular formula is C24H36N4O3S2. The molecule has 7 nitrogen and oxygen atoms in total. The number of aromatic nitrogens is 2. The summed E-state index contributed by atoms with van der Waals surface area (Å²) in [7, 11) is -1.71. The van der Waals surface area contributed by atoms with Crippen LogP contribution in [0.15, 0.2) is 11.0 Å². The highest BCUT2D eigenvalue weighted by molar-refractivity contribution is 7.89. The van der Waals surface area contributed by atoms with Crippen LogP contribution in [-0.4, -0.2) is 58.8 Å². The third kappa shape index (κ3) is 4.64. The molecule has 4 heterocycles. The monoisotopic (exact) mass is 492 g/mol. The molecule has 9 heteroatoms. The number of amides is 1. The normalized spacial score (nSPS) is 20.7. The summed E-state index contributed by atoms with van der Waals surface area (Å²) in [5.74, 6) is 0.0519. The minimum Gasteiger partial charge on any atom is -0.345 e. The van der Waals surface area contributed by atoms with Gasteiger partial charge in [-0.25, -0.2) is 13.4 Å². The molecular weight excluding hydrogens is 456 g/mol. The Morgan fingerprint density at radius 3 is 2.42 bits per heavy atom. The molecule has 0 spiro atoms. The van der Waals surface area contributed by atoms with Crippen LogP contribution in [-0.2, 0) is 17.1 Å². The summed E-state index contributed by atoms with van der Waals surface area (Å²) >= 11 is 1.38. The average Bonchev–Trinajstić information content (AvgIpc) is 3.19. The molecule has 1 amide bonds. The zero-order valence-corrected chi connectivity index (χ0v) is 21.9. The maximum Gasteiger partial charge on any atom is 0.265 e. The van der Waals surface area contributed by atoms with Crippen LogP contribution < -0.4 is 0 Å². The predicted octanol–water partition coefficient (Wildman–Crippen LogP) is 4.73. The Hall–Kier alpha value is -1.71. The molecule has 4 rings (SSSR count). The number of thiazole rings is 1. The molecule has 0 saturated carbocycles. The van der Waals surface area contributed by atoms with Crippen LogP contribution in [0.2, 0.25) is 0 Å². The molecule has 0 bridgehead atoms. The molecule has 182 valence electrons. The van der Waals surface area contributed by atoms with Gasteiger partial charge < -0.3 is 9.47 Å². The molecule has 0 radical (unpaired) electrons. The second kappa shape index (κ2) is 9.88. The van der Waals surface area contributed by atoms with Gasteiger partial charge in [0.15, 0.2) is 0 Å². The van der Waals surface area contributed by atoms with Gasteiger partial charge in [0.1, 0.15) is 14.8 Å². The van der Waals surface area contributed by atoms with Crippen molar-refractivity contribution in [1.29, 1.82) is 0 Å². The summed E-state index contributed by atoms with van der Waals surface area (Å²) < 4.78 is 30.9. The molecule has 2 saturated heterocycles. The lowest BCUT2D eigenvalue weighted by Gasteiger charge is -2.34. The summed E-state index contributed by atoms with van der Waals surface area (Å²) in [6.07, 6.45) is 8.17. The van der Waals surface area contributed by atoms with E-state index in [1.807, 2.05) is 30.4 Å². The van der Waals surface area contributed by atoms with E-state index < -0.39 is 10.0 Å². The van der Waals surface area contributed by atoms with Crippen molar-refractivity contribution in [2.75, 3.05) is 19.6 Å². The summed E-state index contributed by atoms with van der Waals surface area (Å²) in [4.78, 5) is 20.9. The molecule has 1 unspecified atom stereocenters. The van der Waals surface area contributed by atoms with E-state index in [9.17, 15) is 13.2 Å². The third-order valence-corrected chi connectivity index (χ3v) is 10.5. The highest BCUT2D eigenvalue weighted by atomic mass is 32.2. The Labute approximate surface area is 201 Å². The molecule has 0 aliphatic carbocycles. The molecule has 2 aromatic heterocycles. The minimum absolute atomic E-state index is 0.0519. The molecule has 2 fully saturated rings. The summed E-state index contributed by atoms with van der Waals surface area (Å²) in [6.45, 7) is 7.96. The first kappa shape index (κ1) is 24.4. The van der Waals surface area contributed by atoms with Crippen molar-refractivity contribution in [1.82, 2.24) is 18.8 Å². The number of likely N-dealkylation sites (tertiary alicyclic amines) is 1. The van der Waals surface area contributed by atoms with E-state index in [2.05, 4.69) is 6.92 Å². The van der Waals surface area contributed by atoms with Gasteiger partial charge in [-0.1, -0.05) is 26.2 Å². The van der Waals surface area contributed by atoms with Crippen molar-refractivity contribution < 1.29 is 13.2 Å². The summed E-state index contributed by atoms with van der Waals surface area (Å²) in [5, 5.41) is 0.698. The predicted molar refractivity (Wildman–Crippen MR) is 132 cm³/mol. The van der Waals surface area contributed by atoms with Gasteiger partial charge in [-0.05, 0) is 52.0 Å². The van der Waals surface area contributed by atoms with E-state index in [0.29, 0.717) is 27.0 Å². The highest BCUT2D eigenvalue weighted by Crippen LogP contribution is 2.35. The van der Waals surface area contributed by atoms with Crippen LogP contribution in [0, 0.1) is 13.8 Å². The number of nitrogens with zero attached hydrogens (tertiary/aromatic N) is 4. The Kier molecular flexibility index (Phi) is 7.31. The quantitative estimate of drug-likeness (QED) is 0.604. The zero-order valence-electron chi connectivity index (χ0n) is 20.3. The fraction of sp³-hybridized carbons (Fsp3) is 0.667. The number of piperidine rings is 1. The molecule has 0 N–H and O–H groups in total. The molecule has 2 aliphatic rings. The van der Waals surface area contributed by atoms with Crippen molar-refractivity contribution in [3.8, 4) is 10.7 Å². The Balaban J connectivity index is 1.67. The topological polar surface area (TPSA) is 75.5 Å². The van der Waals surface area contributed by atoms with Gasteiger partial charge in [0.25, 0.3) is 5.91 Å². The summed E-state index contributed by atoms with van der Waals surface area (Å²) in [5.41, 5.74) is 2.17. The number of rotatable bonds is 5. The van der Waals surface area contributed by atoms with Gasteiger partial charge >= 0.3 is 0 Å². The molecule has 2 aromatic rings.